The van der Waals surface area contributed by atoms with Crippen LogP contribution in [-0.4, -0.2) is 91.9 Å². The Morgan fingerprint density at radius 3 is 0.957 bits per heavy atom. The molecule has 70 heavy (non-hydrogen) atoms. The zero-order valence-electron chi connectivity index (χ0n) is 47.6. The highest BCUT2D eigenvalue weighted by Crippen LogP contribution is 2.22. The summed E-state index contributed by atoms with van der Waals surface area (Å²) in [5.74, 6) is -0.422. The van der Waals surface area contributed by atoms with Gasteiger partial charge in [0.2, 0.25) is 0 Å². The van der Waals surface area contributed by atoms with Gasteiger partial charge in [-0.15, -0.1) is 0 Å². The first kappa shape index (κ1) is 67.6. The van der Waals surface area contributed by atoms with Crippen LogP contribution in [0.2, 0.25) is 0 Å². The Balaban J connectivity index is 5.26. The number of hydrogen-bond acceptors (Lipinski definition) is 9. The summed E-state index contributed by atoms with van der Waals surface area (Å²) in [6.45, 7) is 14.3. The zero-order chi connectivity index (χ0) is 51.7. The lowest BCUT2D eigenvalue weighted by atomic mass is 10.0. The highest BCUT2D eigenvalue weighted by molar-refractivity contribution is 5.78. The van der Waals surface area contributed by atoms with Gasteiger partial charge in [-0.05, 0) is 130 Å². The molecule has 0 aromatic rings. The first-order chi connectivity index (χ1) is 34.0. The molecule has 0 spiro atoms. The van der Waals surface area contributed by atoms with Gasteiger partial charge in [-0.25, -0.2) is 4.79 Å². The molecule has 0 rings (SSSR count). The van der Waals surface area contributed by atoms with Gasteiger partial charge < -0.3 is 23.8 Å². The summed E-state index contributed by atoms with van der Waals surface area (Å²) in [5, 5.41) is 0. The van der Waals surface area contributed by atoms with E-state index in [0.717, 1.165) is 180 Å². The van der Waals surface area contributed by atoms with E-state index in [4.69, 9.17) is 18.9 Å². The van der Waals surface area contributed by atoms with Gasteiger partial charge in [0.15, 0.2) is 0 Å². The average Bonchev–Trinajstić information content (AvgIpc) is 3.32. The molecule has 0 aliphatic rings. The van der Waals surface area contributed by atoms with Crippen molar-refractivity contribution in [3.05, 3.63) is 0 Å². The van der Waals surface area contributed by atoms with Gasteiger partial charge in [0, 0.05) is 19.4 Å². The Labute approximate surface area is 433 Å². The number of carbonyl (C=O) groups is 4. The van der Waals surface area contributed by atoms with Crippen LogP contribution in [-0.2, 0) is 33.3 Å². The Hall–Kier alpha value is -2.36. The molecule has 414 valence electrons. The summed E-state index contributed by atoms with van der Waals surface area (Å²) in [5.41, 5.74) is 0. The predicted octanol–water partition coefficient (Wildman–Crippen LogP) is 17.2. The molecule has 0 aromatic carbocycles. The maximum absolute atomic E-state index is 13.9. The van der Waals surface area contributed by atoms with Gasteiger partial charge in [-0.1, -0.05) is 183 Å². The largest absolute Gasteiger partial charge is 0.462 e. The molecule has 1 amide bonds. The molecule has 0 aromatic heterocycles. The zero-order valence-corrected chi connectivity index (χ0v) is 47.6. The first-order valence-corrected chi connectivity index (χ1v) is 30.2. The summed E-state index contributed by atoms with van der Waals surface area (Å²) in [4.78, 5) is 56.4. The van der Waals surface area contributed by atoms with E-state index in [1.54, 1.807) is 4.90 Å². The third-order valence-corrected chi connectivity index (χ3v) is 13.8. The number of ether oxygens (including phenoxy) is 4. The van der Waals surface area contributed by atoms with Crippen LogP contribution in [0.15, 0.2) is 0 Å². The van der Waals surface area contributed by atoms with E-state index < -0.39 is 6.09 Å². The Morgan fingerprint density at radius 1 is 0.314 bits per heavy atom. The van der Waals surface area contributed by atoms with Crippen LogP contribution < -0.4 is 0 Å². The lowest BCUT2D eigenvalue weighted by Crippen LogP contribution is -2.40. The van der Waals surface area contributed by atoms with E-state index in [2.05, 4.69) is 46.4 Å². The maximum Gasteiger partial charge on any atom is 0.410 e. The van der Waals surface area contributed by atoms with Gasteiger partial charge in [0.05, 0.1) is 0 Å². The molecule has 0 aliphatic heterocycles. The second-order valence-electron chi connectivity index (χ2n) is 21.2. The molecular weight excluding hydrogens is 877 g/mol. The topological polar surface area (TPSA) is 112 Å². The van der Waals surface area contributed by atoms with E-state index in [1.165, 1.54) is 77.0 Å². The molecule has 0 bridgehead atoms. The van der Waals surface area contributed by atoms with Crippen molar-refractivity contribution in [3.8, 4) is 0 Å². The minimum Gasteiger partial charge on any atom is -0.462 e. The fourth-order valence-corrected chi connectivity index (χ4v) is 9.48. The summed E-state index contributed by atoms with van der Waals surface area (Å²) < 4.78 is 24.2. The number of carbonyl (C=O) groups excluding carboxylic acids is 4. The molecular formula is C60H116N2O8. The number of unbranched alkanes of at least 4 members (excludes halogenated alkanes) is 22. The second kappa shape index (κ2) is 50.2. The molecule has 0 radical (unpaired) electrons. The lowest BCUT2D eigenvalue weighted by Gasteiger charge is -2.26. The van der Waals surface area contributed by atoms with Gasteiger partial charge in [-0.2, -0.15) is 0 Å². The van der Waals surface area contributed by atoms with Crippen molar-refractivity contribution in [1.29, 1.82) is 0 Å². The molecule has 10 nitrogen and oxygen atoms in total. The van der Waals surface area contributed by atoms with E-state index in [-0.39, 0.29) is 48.9 Å². The van der Waals surface area contributed by atoms with Crippen molar-refractivity contribution in [2.75, 3.05) is 33.7 Å². The third kappa shape index (κ3) is 43.2. The van der Waals surface area contributed by atoms with Crippen molar-refractivity contribution in [1.82, 2.24) is 9.80 Å². The van der Waals surface area contributed by atoms with E-state index in [0.29, 0.717) is 19.4 Å². The summed E-state index contributed by atoms with van der Waals surface area (Å²) in [7, 11) is 4.03. The second-order valence-corrected chi connectivity index (χ2v) is 21.2. The average molecular weight is 994 g/mol. The minimum absolute atomic E-state index is 0.0311. The number of rotatable bonds is 52. The summed E-state index contributed by atoms with van der Waals surface area (Å²) in [6, 6.07) is 0. The SMILES string of the molecule is CCCCCCC(CCCCCC)OC(=O)CCCCCCCCC(CCCCCCCCC(=O)OC(CCCCCC)CCCCCC)OC(=O)N(CCCN(C)C)CC(=O)OC(CCC)CCC. The van der Waals surface area contributed by atoms with Gasteiger partial charge in [0.1, 0.15) is 31.0 Å². The fraction of sp³-hybridized carbons (Fsp3) is 0.933. The Kier molecular flexibility index (Phi) is 48.5. The molecule has 0 N–H and O–H groups in total. The Bertz CT molecular complexity index is 1110. The monoisotopic (exact) mass is 993 g/mol. The third-order valence-electron chi connectivity index (χ3n) is 13.8. The lowest BCUT2D eigenvalue weighted by molar-refractivity contribution is -0.151. The van der Waals surface area contributed by atoms with Gasteiger partial charge in [-0.3, -0.25) is 19.3 Å². The van der Waals surface area contributed by atoms with E-state index >= 15 is 0 Å². The summed E-state index contributed by atoms with van der Waals surface area (Å²) in [6.07, 6.45) is 41.6. The van der Waals surface area contributed by atoms with E-state index in [1.807, 2.05) is 14.1 Å². The van der Waals surface area contributed by atoms with Crippen LogP contribution in [0.1, 0.15) is 305 Å². The van der Waals surface area contributed by atoms with Crippen LogP contribution in [0.3, 0.4) is 0 Å². The summed E-state index contributed by atoms with van der Waals surface area (Å²) >= 11 is 0. The first-order valence-electron chi connectivity index (χ1n) is 30.2. The standard InChI is InChI=1S/C60H116N2O8/c1-9-15-19-31-42-54(43-32-20-16-10-2)67-57(63)48-37-29-25-23-27-35-46-56(70-60(66)62(51-39-50-61(7)8)52-59(65)69-53(40-13-5)41-14-6)47-36-28-24-26-30-38-49-58(64)68-55(44-33-21-17-11-3)45-34-22-18-12-4/h53-56H,9-52H2,1-8H3. The molecule has 10 heteroatoms. The van der Waals surface area contributed by atoms with Crippen molar-refractivity contribution in [2.45, 2.75) is 329 Å². The van der Waals surface area contributed by atoms with Crippen LogP contribution in [0.4, 0.5) is 4.79 Å². The van der Waals surface area contributed by atoms with Crippen LogP contribution >= 0.6 is 0 Å². The molecule has 0 saturated carbocycles. The smallest absolute Gasteiger partial charge is 0.410 e. The normalized spacial score (nSPS) is 11.7. The molecule has 0 fully saturated rings. The molecule has 0 saturated heterocycles. The van der Waals surface area contributed by atoms with E-state index in [9.17, 15) is 19.2 Å². The van der Waals surface area contributed by atoms with Crippen LogP contribution in [0, 0.1) is 0 Å². The molecule has 0 heterocycles. The highest BCUT2D eigenvalue weighted by atomic mass is 16.6. The highest BCUT2D eigenvalue weighted by Gasteiger charge is 2.25. The minimum atomic E-state index is -0.421. The fourth-order valence-electron chi connectivity index (χ4n) is 9.48. The Morgan fingerprint density at radius 2 is 0.614 bits per heavy atom. The maximum atomic E-state index is 13.9. The number of nitrogens with zero attached hydrogens (tertiary/aromatic N) is 2. The van der Waals surface area contributed by atoms with Crippen LogP contribution in [0.5, 0.6) is 0 Å². The number of hydrogen-bond donors (Lipinski definition) is 0. The number of esters is 3. The quantitative estimate of drug-likeness (QED) is 0.0334. The van der Waals surface area contributed by atoms with Crippen molar-refractivity contribution in [2.24, 2.45) is 0 Å². The van der Waals surface area contributed by atoms with Gasteiger partial charge >= 0.3 is 24.0 Å². The van der Waals surface area contributed by atoms with Crippen molar-refractivity contribution >= 4 is 24.0 Å². The predicted molar refractivity (Wildman–Crippen MR) is 293 cm³/mol. The number of amides is 1. The molecule has 0 unspecified atom stereocenters. The van der Waals surface area contributed by atoms with Crippen LogP contribution in [0.25, 0.3) is 0 Å². The van der Waals surface area contributed by atoms with Gasteiger partial charge in [0.25, 0.3) is 0 Å². The molecule has 0 atom stereocenters. The van der Waals surface area contributed by atoms with Crippen molar-refractivity contribution in [3.63, 3.8) is 0 Å². The van der Waals surface area contributed by atoms with Crippen molar-refractivity contribution < 1.29 is 38.1 Å². The molecule has 0 aliphatic carbocycles.